The monoisotopic (exact) mass is 567 g/mol. The van der Waals surface area contributed by atoms with Gasteiger partial charge in [-0.3, -0.25) is 0 Å². The van der Waals surface area contributed by atoms with Crippen molar-refractivity contribution in [1.29, 1.82) is 0 Å². The van der Waals surface area contributed by atoms with E-state index in [1.165, 1.54) is 76.2 Å². The Labute approximate surface area is 245 Å². The van der Waals surface area contributed by atoms with Gasteiger partial charge in [-0.1, -0.05) is 41.7 Å². The lowest BCUT2D eigenvalue weighted by Crippen LogP contribution is -2.71. The highest BCUT2D eigenvalue weighted by molar-refractivity contribution is 7.16. The largest absolute Gasteiger partial charge is 0.456 e. The van der Waals surface area contributed by atoms with Crippen molar-refractivity contribution in [2.45, 2.75) is 5.66 Å². The molecule has 6 nitrogen and oxygen atoms in total. The van der Waals surface area contributed by atoms with Crippen LogP contribution >= 0.6 is 11.3 Å². The van der Waals surface area contributed by atoms with Gasteiger partial charge in [0.05, 0.1) is 16.2 Å². The van der Waals surface area contributed by atoms with Gasteiger partial charge in [-0.2, -0.15) is 17.9 Å². The zero-order valence-corrected chi connectivity index (χ0v) is 23.2. The summed E-state index contributed by atoms with van der Waals surface area (Å²) in [6, 6.07) is 33.2. The molecule has 10 aromatic rings. The maximum Gasteiger partial charge on any atom is 0.316 e. The normalized spacial score (nSPS) is 17.6. The molecule has 3 aliphatic heterocycles. The summed E-state index contributed by atoms with van der Waals surface area (Å²) in [7, 11) is 0. The molecule has 1 atom stereocenters. The van der Waals surface area contributed by atoms with Gasteiger partial charge in [-0.25, -0.2) is 4.98 Å². The van der Waals surface area contributed by atoms with Gasteiger partial charge in [0, 0.05) is 28.4 Å². The lowest BCUT2D eigenvalue weighted by molar-refractivity contribution is -0.923. The Hall–Kier alpha value is -5.53. The summed E-state index contributed by atoms with van der Waals surface area (Å²) in [5, 5.41) is 9.61. The third-order valence-corrected chi connectivity index (χ3v) is 11.2. The van der Waals surface area contributed by atoms with Crippen molar-refractivity contribution in [2.75, 3.05) is 0 Å². The second-order valence-corrected chi connectivity index (χ2v) is 12.9. The molecule has 7 heteroatoms. The quantitative estimate of drug-likeness (QED) is 0.144. The van der Waals surface area contributed by atoms with Crippen molar-refractivity contribution in [3.63, 3.8) is 0 Å². The summed E-state index contributed by atoms with van der Waals surface area (Å²) >= 11 is 1.78. The van der Waals surface area contributed by atoms with Crippen LogP contribution in [0.1, 0.15) is 11.1 Å². The van der Waals surface area contributed by atoms with Crippen molar-refractivity contribution >= 4 is 87.5 Å². The molecule has 0 aliphatic carbocycles. The number of aromatic nitrogens is 5. The Bertz CT molecular complexity index is 3060. The second kappa shape index (κ2) is 6.14. The number of ether oxygens (including phenoxy) is 1. The molecule has 0 saturated heterocycles. The molecule has 13 rings (SSSR count). The zero-order chi connectivity index (χ0) is 27.3. The Kier molecular flexibility index (Phi) is 2.91. The highest BCUT2D eigenvalue weighted by Crippen LogP contribution is 2.59. The fourth-order valence-corrected chi connectivity index (χ4v) is 9.96. The molecule has 1 unspecified atom stereocenters. The molecular weight excluding hydrogens is 550 g/mol. The lowest BCUT2D eigenvalue weighted by Gasteiger charge is -2.30. The molecule has 4 aromatic carbocycles. The number of hydrogen-bond acceptors (Lipinski definition) is 3. The first-order chi connectivity index (χ1) is 21.4. The molecule has 0 fully saturated rings. The Morgan fingerprint density at radius 1 is 0.628 bits per heavy atom. The van der Waals surface area contributed by atoms with Crippen molar-refractivity contribution in [1.82, 2.24) is 13.8 Å². The number of para-hydroxylation sites is 3. The molecule has 196 valence electrons. The maximum absolute atomic E-state index is 6.92. The number of rotatable bonds is 0. The number of fused-ring (bicyclic) bond motifs is 12. The van der Waals surface area contributed by atoms with Crippen LogP contribution < -0.4 is 13.9 Å². The van der Waals surface area contributed by atoms with Crippen LogP contribution in [-0.4, -0.2) is 13.8 Å². The third kappa shape index (κ3) is 1.79. The zero-order valence-electron chi connectivity index (χ0n) is 22.4. The second-order valence-electron chi connectivity index (χ2n) is 12.0. The molecule has 6 aromatic heterocycles. The number of pyridine rings is 3. The van der Waals surface area contributed by atoms with Crippen LogP contribution in [0.5, 0.6) is 11.5 Å². The van der Waals surface area contributed by atoms with Crippen LogP contribution in [0.25, 0.3) is 76.2 Å². The van der Waals surface area contributed by atoms with Gasteiger partial charge in [-0.15, -0.1) is 0 Å². The first-order valence-electron chi connectivity index (χ1n) is 14.6. The fourth-order valence-electron chi connectivity index (χ4n) is 9.07. The summed E-state index contributed by atoms with van der Waals surface area (Å²) in [5.41, 5.74) is 10.0. The Morgan fingerprint density at radius 2 is 1.33 bits per heavy atom. The van der Waals surface area contributed by atoms with Gasteiger partial charge in [0.2, 0.25) is 10.5 Å². The van der Waals surface area contributed by atoms with Crippen molar-refractivity contribution in [3.8, 4) is 11.5 Å². The predicted molar refractivity (Wildman–Crippen MR) is 168 cm³/mol. The average molecular weight is 568 g/mol. The van der Waals surface area contributed by atoms with E-state index in [9.17, 15) is 0 Å². The third-order valence-electron chi connectivity index (χ3n) is 10.3. The Balaban J connectivity index is 1.45. The summed E-state index contributed by atoms with van der Waals surface area (Å²) in [5.74, 6) is 1.85. The van der Waals surface area contributed by atoms with Crippen LogP contribution in [0.2, 0.25) is 0 Å². The van der Waals surface area contributed by atoms with E-state index in [0.717, 1.165) is 22.5 Å². The van der Waals surface area contributed by atoms with Gasteiger partial charge in [-0.05, 0) is 60.0 Å². The first kappa shape index (κ1) is 20.4. The molecule has 0 amide bonds. The number of benzene rings is 4. The summed E-state index contributed by atoms with van der Waals surface area (Å²) in [6.07, 6.45) is 1.91. The van der Waals surface area contributed by atoms with E-state index in [4.69, 9.17) is 9.72 Å². The predicted octanol–water partition coefficient (Wildman–Crippen LogP) is 7.17. The van der Waals surface area contributed by atoms with Crippen molar-refractivity contribution in [2.24, 2.45) is 0 Å². The molecular formula is C36H17N5OS+2. The standard InChI is InChI=1S/C36H17N5OS/c1-2-8-22-18(6-1)19-11-13-26-30-28(19)33-38(22)23-9-3-4-10-24(23)40(33)36(30)31-27(42-26)14-12-20-21-7-5-16-37-32(21)39-34(29(20)31)41(36)25-15-17-43-35(25)39/h1-17H/q+2. The maximum atomic E-state index is 6.92. The lowest BCUT2D eigenvalue weighted by atomic mass is 9.85. The summed E-state index contributed by atoms with van der Waals surface area (Å²) in [4.78, 5) is 6.20. The van der Waals surface area contributed by atoms with E-state index in [2.05, 4.69) is 114 Å². The topological polar surface area (TPSA) is 38.7 Å². The number of hydrogen-bond donors (Lipinski definition) is 0. The SMILES string of the molecule is c1ccc2c(c1)c1ccc3c4c1c1n2c2ccccc2[n+]1C41c2c(ccc4c5cccnc5n5c6sccc6[n+]1c5c24)O3. The van der Waals surface area contributed by atoms with Crippen LogP contribution in [0, 0.1) is 0 Å². The van der Waals surface area contributed by atoms with Crippen molar-refractivity contribution < 1.29 is 13.9 Å². The minimum absolute atomic E-state index is 0.663. The highest BCUT2D eigenvalue weighted by atomic mass is 32.1. The van der Waals surface area contributed by atoms with Gasteiger partial charge < -0.3 is 4.74 Å². The molecule has 43 heavy (non-hydrogen) atoms. The number of imidazole rings is 2. The number of nitrogens with zero attached hydrogens (tertiary/aromatic N) is 5. The minimum Gasteiger partial charge on any atom is -0.456 e. The van der Waals surface area contributed by atoms with Gasteiger partial charge >= 0.3 is 17.0 Å². The molecule has 0 bridgehead atoms. The molecule has 3 aliphatic rings. The molecule has 0 N–H and O–H groups in total. The number of thiophene rings is 1. The highest BCUT2D eigenvalue weighted by Gasteiger charge is 2.67. The van der Waals surface area contributed by atoms with E-state index in [1.807, 2.05) is 6.20 Å². The molecule has 1 spiro atoms. The van der Waals surface area contributed by atoms with E-state index in [1.54, 1.807) is 11.3 Å². The Morgan fingerprint density at radius 3 is 2.19 bits per heavy atom. The van der Waals surface area contributed by atoms with E-state index in [0.29, 0.717) is 0 Å². The van der Waals surface area contributed by atoms with Gasteiger partial charge in [0.25, 0.3) is 0 Å². The van der Waals surface area contributed by atoms with Gasteiger partial charge in [0.1, 0.15) is 28.1 Å². The van der Waals surface area contributed by atoms with Crippen LogP contribution in [0.3, 0.4) is 0 Å². The van der Waals surface area contributed by atoms with Gasteiger partial charge in [0.15, 0.2) is 16.6 Å². The van der Waals surface area contributed by atoms with E-state index in [-0.39, 0.29) is 0 Å². The van der Waals surface area contributed by atoms with E-state index < -0.39 is 5.66 Å². The van der Waals surface area contributed by atoms with Crippen LogP contribution in [0.15, 0.2) is 103 Å². The minimum atomic E-state index is -0.663. The first-order valence-corrected chi connectivity index (χ1v) is 15.4. The smallest absolute Gasteiger partial charge is 0.316 e. The van der Waals surface area contributed by atoms with Crippen LogP contribution in [-0.2, 0) is 5.66 Å². The average Bonchev–Trinajstić information content (AvgIpc) is 3.84. The molecule has 0 saturated carbocycles. The van der Waals surface area contributed by atoms with Crippen molar-refractivity contribution in [3.05, 3.63) is 114 Å². The summed E-state index contributed by atoms with van der Waals surface area (Å²) < 4.78 is 17.1. The fraction of sp³-hybridized carbons (Fsp3) is 0.0278. The van der Waals surface area contributed by atoms with Crippen LogP contribution in [0.4, 0.5) is 0 Å². The molecule has 9 heterocycles. The summed E-state index contributed by atoms with van der Waals surface area (Å²) in [6.45, 7) is 0. The molecule has 0 radical (unpaired) electrons. The van der Waals surface area contributed by atoms with E-state index >= 15 is 0 Å².